The average Bonchev–Trinajstić information content (AvgIpc) is 1.86. The van der Waals surface area contributed by atoms with Crippen molar-refractivity contribution in [3.8, 4) is 0 Å². The van der Waals surface area contributed by atoms with E-state index >= 15 is 0 Å². The fourth-order valence-electron chi connectivity index (χ4n) is 0.364. The number of aromatic nitrogens is 2. The van der Waals surface area contributed by atoms with Crippen LogP contribution >= 0.6 is 0 Å². The van der Waals surface area contributed by atoms with Crippen molar-refractivity contribution < 1.29 is 21.5 Å². The van der Waals surface area contributed by atoms with E-state index in [1.807, 2.05) is 30.3 Å². The lowest BCUT2D eigenvalue weighted by atomic mass is 10.9. The van der Waals surface area contributed by atoms with Gasteiger partial charge in [0, 0.05) is 0 Å². The molecule has 0 bridgehead atoms. The minimum atomic E-state index is 0. The SMILES string of the molecule is C[n+]1cc[nH]c1.[Br-]. The van der Waals surface area contributed by atoms with Gasteiger partial charge in [0.05, 0.1) is 7.05 Å². The van der Waals surface area contributed by atoms with Gasteiger partial charge in [-0.1, -0.05) is 0 Å². The summed E-state index contributed by atoms with van der Waals surface area (Å²) in [6.07, 6.45) is 5.69. The van der Waals surface area contributed by atoms with Gasteiger partial charge in [0.1, 0.15) is 12.4 Å². The molecule has 40 valence electrons. The van der Waals surface area contributed by atoms with E-state index in [2.05, 4.69) is 4.98 Å². The molecule has 0 saturated carbocycles. The first-order chi connectivity index (χ1) is 2.89. The minimum Gasteiger partial charge on any atom is -1.00 e. The third-order valence-electron chi connectivity index (χ3n) is 0.684. The monoisotopic (exact) mass is 162 g/mol. The van der Waals surface area contributed by atoms with Gasteiger partial charge in [-0.2, -0.15) is 0 Å². The summed E-state index contributed by atoms with van der Waals surface area (Å²) in [4.78, 5) is 2.89. The lowest BCUT2D eigenvalue weighted by Crippen LogP contribution is -3.00. The van der Waals surface area contributed by atoms with Crippen molar-refractivity contribution in [2.24, 2.45) is 7.05 Å². The van der Waals surface area contributed by atoms with E-state index in [9.17, 15) is 0 Å². The molecule has 0 aliphatic rings. The van der Waals surface area contributed by atoms with Crippen LogP contribution in [-0.2, 0) is 7.05 Å². The molecule has 0 amide bonds. The Morgan fingerprint density at radius 1 is 1.57 bits per heavy atom. The summed E-state index contributed by atoms with van der Waals surface area (Å²) < 4.78 is 1.94. The maximum Gasteiger partial charge on any atom is 0.241 e. The Bertz CT molecular complexity index is 113. The summed E-state index contributed by atoms with van der Waals surface area (Å²) in [6.45, 7) is 0. The Morgan fingerprint density at radius 2 is 2.29 bits per heavy atom. The first-order valence-corrected chi connectivity index (χ1v) is 1.87. The molecule has 2 nitrogen and oxygen atoms in total. The minimum absolute atomic E-state index is 0. The molecular formula is C4H7BrN2. The molecule has 0 spiro atoms. The number of hydrogen-bond acceptors (Lipinski definition) is 0. The zero-order chi connectivity index (χ0) is 4.41. The Balaban J connectivity index is 0.000000360. The summed E-state index contributed by atoms with van der Waals surface area (Å²) in [6, 6.07) is 0. The van der Waals surface area contributed by atoms with Crippen LogP contribution in [0.2, 0.25) is 0 Å². The summed E-state index contributed by atoms with van der Waals surface area (Å²) in [7, 11) is 1.97. The number of hydrogen-bond donors (Lipinski definition) is 1. The summed E-state index contributed by atoms with van der Waals surface area (Å²) in [5.41, 5.74) is 0. The summed E-state index contributed by atoms with van der Waals surface area (Å²) >= 11 is 0. The van der Waals surface area contributed by atoms with Crippen molar-refractivity contribution >= 4 is 0 Å². The summed E-state index contributed by atoms with van der Waals surface area (Å²) in [5.74, 6) is 0. The van der Waals surface area contributed by atoms with Gasteiger partial charge in [-0.25, -0.2) is 4.57 Å². The van der Waals surface area contributed by atoms with E-state index < -0.39 is 0 Å². The fraction of sp³-hybridized carbons (Fsp3) is 0.250. The van der Waals surface area contributed by atoms with E-state index in [1.165, 1.54) is 0 Å². The Morgan fingerprint density at radius 3 is 2.43 bits per heavy atom. The summed E-state index contributed by atoms with van der Waals surface area (Å²) in [5, 5.41) is 0. The molecule has 0 radical (unpaired) electrons. The van der Waals surface area contributed by atoms with E-state index in [-0.39, 0.29) is 17.0 Å². The number of rotatable bonds is 0. The second-order valence-electron chi connectivity index (χ2n) is 1.28. The Hall–Kier alpha value is -0.310. The van der Waals surface area contributed by atoms with Crippen LogP contribution in [0.15, 0.2) is 18.7 Å². The zero-order valence-electron chi connectivity index (χ0n) is 4.06. The van der Waals surface area contributed by atoms with Crippen LogP contribution in [0.5, 0.6) is 0 Å². The molecule has 1 aromatic rings. The molecular weight excluding hydrogens is 156 g/mol. The van der Waals surface area contributed by atoms with Gasteiger partial charge in [0.25, 0.3) is 0 Å². The van der Waals surface area contributed by atoms with Gasteiger partial charge in [0.15, 0.2) is 0 Å². The number of halogens is 1. The van der Waals surface area contributed by atoms with E-state index in [4.69, 9.17) is 0 Å². The predicted molar refractivity (Wildman–Crippen MR) is 22.0 cm³/mol. The highest BCUT2D eigenvalue weighted by molar-refractivity contribution is 4.54. The highest BCUT2D eigenvalue weighted by Crippen LogP contribution is 1.59. The highest BCUT2D eigenvalue weighted by Gasteiger charge is 1.78. The zero-order valence-corrected chi connectivity index (χ0v) is 5.64. The van der Waals surface area contributed by atoms with Crippen LogP contribution in [0, 0.1) is 0 Å². The predicted octanol–water partition coefficient (Wildman–Crippen LogP) is -3.16. The molecule has 0 aromatic carbocycles. The van der Waals surface area contributed by atoms with Gasteiger partial charge < -0.3 is 17.0 Å². The molecule has 0 saturated heterocycles. The van der Waals surface area contributed by atoms with Gasteiger partial charge in [-0.15, -0.1) is 0 Å². The second-order valence-corrected chi connectivity index (χ2v) is 1.28. The average molecular weight is 163 g/mol. The highest BCUT2D eigenvalue weighted by atomic mass is 79.9. The van der Waals surface area contributed by atoms with Crippen LogP contribution in [-0.4, -0.2) is 4.98 Å². The first kappa shape index (κ1) is 6.69. The third kappa shape index (κ3) is 1.73. The molecule has 0 aliphatic heterocycles. The smallest absolute Gasteiger partial charge is 0.241 e. The maximum absolute atomic E-state index is 2.89. The molecule has 1 heterocycles. The number of nitrogens with one attached hydrogen (secondary N) is 1. The number of imidazole rings is 1. The van der Waals surface area contributed by atoms with Crippen LogP contribution in [0.1, 0.15) is 0 Å². The van der Waals surface area contributed by atoms with Crippen LogP contribution in [0.3, 0.4) is 0 Å². The lowest BCUT2D eigenvalue weighted by molar-refractivity contribution is -0.670. The molecule has 0 unspecified atom stereocenters. The lowest BCUT2D eigenvalue weighted by Gasteiger charge is -1.66. The molecule has 1 N–H and O–H groups in total. The van der Waals surface area contributed by atoms with Crippen LogP contribution < -0.4 is 21.5 Å². The molecule has 0 aliphatic carbocycles. The fourth-order valence-corrected chi connectivity index (χ4v) is 0.364. The third-order valence-corrected chi connectivity index (χ3v) is 0.684. The Kier molecular flexibility index (Phi) is 2.67. The first-order valence-electron chi connectivity index (χ1n) is 1.87. The van der Waals surface area contributed by atoms with Crippen molar-refractivity contribution in [3.63, 3.8) is 0 Å². The van der Waals surface area contributed by atoms with Gasteiger partial charge in [-0.05, 0) is 0 Å². The van der Waals surface area contributed by atoms with Crippen molar-refractivity contribution in [1.82, 2.24) is 4.98 Å². The maximum atomic E-state index is 2.89. The molecule has 0 atom stereocenters. The molecule has 1 aromatic heterocycles. The normalized spacial score (nSPS) is 7.57. The molecule has 3 heteroatoms. The molecule has 0 fully saturated rings. The second kappa shape index (κ2) is 2.80. The van der Waals surface area contributed by atoms with E-state index in [1.54, 1.807) is 0 Å². The van der Waals surface area contributed by atoms with Crippen molar-refractivity contribution in [3.05, 3.63) is 18.7 Å². The van der Waals surface area contributed by atoms with Crippen molar-refractivity contribution in [2.75, 3.05) is 0 Å². The van der Waals surface area contributed by atoms with Crippen molar-refractivity contribution in [2.45, 2.75) is 0 Å². The number of H-pyrrole nitrogens is 1. The topological polar surface area (TPSA) is 19.7 Å². The van der Waals surface area contributed by atoms with Gasteiger partial charge in [-0.3, -0.25) is 4.98 Å². The van der Waals surface area contributed by atoms with Crippen molar-refractivity contribution in [1.29, 1.82) is 0 Å². The van der Waals surface area contributed by atoms with E-state index in [0.29, 0.717) is 0 Å². The standard InChI is InChI=1S/C4H6N2.BrH/c1-6-3-2-5-4-6;/h2-4H,1H3;1H. The number of aromatic amines is 1. The van der Waals surface area contributed by atoms with Crippen LogP contribution in [0.25, 0.3) is 0 Å². The quantitative estimate of drug-likeness (QED) is 0.389. The number of aryl methyl sites for hydroxylation is 1. The van der Waals surface area contributed by atoms with Crippen LogP contribution in [0.4, 0.5) is 0 Å². The van der Waals surface area contributed by atoms with Gasteiger partial charge in [0.2, 0.25) is 6.33 Å². The van der Waals surface area contributed by atoms with E-state index in [0.717, 1.165) is 0 Å². The molecule has 7 heavy (non-hydrogen) atoms. The molecule has 1 rings (SSSR count). The number of nitrogens with zero attached hydrogens (tertiary/aromatic N) is 1. The van der Waals surface area contributed by atoms with Gasteiger partial charge >= 0.3 is 0 Å². The largest absolute Gasteiger partial charge is 1.00 e. The Labute approximate surface area is 52.9 Å².